The van der Waals surface area contributed by atoms with Crippen LogP contribution in [0, 0.1) is 12.8 Å². The van der Waals surface area contributed by atoms with Gasteiger partial charge in [-0.1, -0.05) is 13.0 Å². The summed E-state index contributed by atoms with van der Waals surface area (Å²) in [6.07, 6.45) is 4.77. The number of hydrogen-bond acceptors (Lipinski definition) is 4. The van der Waals surface area contributed by atoms with Crippen LogP contribution in [-0.2, 0) is 0 Å². The van der Waals surface area contributed by atoms with Crippen molar-refractivity contribution in [2.75, 3.05) is 13.1 Å². The summed E-state index contributed by atoms with van der Waals surface area (Å²) in [4.78, 5) is 19.0. The number of pyridine rings is 1. The Balaban J connectivity index is 1.83. The van der Waals surface area contributed by atoms with Crippen LogP contribution in [0.2, 0.25) is 0 Å². The molecule has 1 aliphatic heterocycles. The largest absolute Gasteiger partial charge is 0.390 e. The zero-order valence-electron chi connectivity index (χ0n) is 14.4. The topological polar surface area (TPSA) is 71.2 Å². The lowest BCUT2D eigenvalue weighted by Crippen LogP contribution is -2.51. The Morgan fingerprint density at radius 1 is 1.46 bits per heavy atom. The summed E-state index contributed by atoms with van der Waals surface area (Å²) in [7, 11) is 0. The standard InChI is InChI=1S/C18H24N4O2/c1-4-14-12-21(10-8-18(14,3)24)17(23)15-11-20-22(13(15)2)16-7-5-6-9-19-16/h5-7,9,11,14,24H,4,8,10,12H2,1-3H3/t14-,18+/m1/s1. The van der Waals surface area contributed by atoms with Crippen molar-refractivity contribution in [1.82, 2.24) is 19.7 Å². The number of likely N-dealkylation sites (tertiary alicyclic amines) is 1. The molecule has 6 nitrogen and oxygen atoms in total. The second kappa shape index (κ2) is 6.36. The molecule has 0 aliphatic carbocycles. The van der Waals surface area contributed by atoms with E-state index in [1.807, 2.05) is 36.9 Å². The first kappa shape index (κ1) is 16.6. The number of carbonyl (C=O) groups is 1. The summed E-state index contributed by atoms with van der Waals surface area (Å²) in [6.45, 7) is 6.95. The molecule has 1 N–H and O–H groups in total. The van der Waals surface area contributed by atoms with Gasteiger partial charge in [0.05, 0.1) is 23.1 Å². The lowest BCUT2D eigenvalue weighted by molar-refractivity contribution is -0.0521. The van der Waals surface area contributed by atoms with E-state index in [1.54, 1.807) is 17.1 Å². The van der Waals surface area contributed by atoms with Crippen LogP contribution in [0.5, 0.6) is 0 Å². The van der Waals surface area contributed by atoms with E-state index in [2.05, 4.69) is 17.0 Å². The molecule has 0 aromatic carbocycles. The number of amides is 1. The third-order valence-electron chi connectivity index (χ3n) is 5.09. The first-order chi connectivity index (χ1) is 11.4. The fourth-order valence-electron chi connectivity index (χ4n) is 3.37. The van der Waals surface area contributed by atoms with Crippen LogP contribution < -0.4 is 0 Å². The Bertz CT molecular complexity index is 724. The number of nitrogens with zero attached hydrogens (tertiary/aromatic N) is 4. The number of hydrogen-bond donors (Lipinski definition) is 1. The molecule has 0 spiro atoms. The van der Waals surface area contributed by atoms with Gasteiger partial charge < -0.3 is 10.0 Å². The molecule has 2 atom stereocenters. The van der Waals surface area contributed by atoms with Crippen LogP contribution in [0.25, 0.3) is 5.82 Å². The normalized spacial score (nSPS) is 24.2. The third kappa shape index (κ3) is 2.94. The maximum Gasteiger partial charge on any atom is 0.257 e. The average Bonchev–Trinajstić information content (AvgIpc) is 2.96. The first-order valence-corrected chi connectivity index (χ1v) is 8.41. The summed E-state index contributed by atoms with van der Waals surface area (Å²) in [5.41, 5.74) is 0.680. The van der Waals surface area contributed by atoms with Crippen LogP contribution >= 0.6 is 0 Å². The first-order valence-electron chi connectivity index (χ1n) is 8.41. The van der Waals surface area contributed by atoms with Gasteiger partial charge in [0, 0.05) is 25.2 Å². The fraction of sp³-hybridized carbons (Fsp3) is 0.500. The fourth-order valence-corrected chi connectivity index (χ4v) is 3.37. The number of piperidine rings is 1. The van der Waals surface area contributed by atoms with Crippen molar-refractivity contribution in [3.8, 4) is 5.82 Å². The summed E-state index contributed by atoms with van der Waals surface area (Å²) in [5, 5.41) is 14.8. The monoisotopic (exact) mass is 328 g/mol. The molecule has 1 saturated heterocycles. The van der Waals surface area contributed by atoms with E-state index in [-0.39, 0.29) is 11.8 Å². The Labute approximate surface area is 142 Å². The molecule has 1 amide bonds. The van der Waals surface area contributed by atoms with E-state index in [1.165, 1.54) is 0 Å². The van der Waals surface area contributed by atoms with Gasteiger partial charge >= 0.3 is 0 Å². The lowest BCUT2D eigenvalue weighted by atomic mass is 9.81. The van der Waals surface area contributed by atoms with E-state index in [0.717, 1.165) is 12.1 Å². The van der Waals surface area contributed by atoms with Crippen LogP contribution in [0.4, 0.5) is 0 Å². The highest BCUT2D eigenvalue weighted by Crippen LogP contribution is 2.31. The molecule has 2 aromatic rings. The van der Waals surface area contributed by atoms with E-state index in [4.69, 9.17) is 0 Å². The van der Waals surface area contributed by atoms with Crippen LogP contribution in [0.3, 0.4) is 0 Å². The smallest absolute Gasteiger partial charge is 0.257 e. The molecule has 3 rings (SSSR count). The van der Waals surface area contributed by atoms with Crippen molar-refractivity contribution in [3.63, 3.8) is 0 Å². The maximum absolute atomic E-state index is 12.9. The molecular weight excluding hydrogens is 304 g/mol. The average molecular weight is 328 g/mol. The minimum Gasteiger partial charge on any atom is -0.390 e. The van der Waals surface area contributed by atoms with E-state index in [0.29, 0.717) is 30.9 Å². The van der Waals surface area contributed by atoms with E-state index >= 15 is 0 Å². The number of carbonyl (C=O) groups excluding carboxylic acids is 1. The second-order valence-corrected chi connectivity index (χ2v) is 6.71. The number of aliphatic hydroxyl groups is 1. The summed E-state index contributed by atoms with van der Waals surface area (Å²) < 4.78 is 1.69. The van der Waals surface area contributed by atoms with E-state index in [9.17, 15) is 9.90 Å². The molecule has 0 radical (unpaired) electrons. The SMILES string of the molecule is CC[C@@H]1CN(C(=O)c2cnn(-c3ccccn3)c2C)CC[C@]1(C)O. The molecule has 2 aromatic heterocycles. The molecule has 6 heteroatoms. The minimum atomic E-state index is -0.696. The summed E-state index contributed by atoms with van der Waals surface area (Å²) >= 11 is 0. The van der Waals surface area contributed by atoms with Crippen LogP contribution in [-0.4, -0.2) is 49.4 Å². The zero-order chi connectivity index (χ0) is 17.3. The highest BCUT2D eigenvalue weighted by Gasteiger charge is 2.38. The second-order valence-electron chi connectivity index (χ2n) is 6.71. The van der Waals surface area contributed by atoms with Gasteiger partial charge in [-0.3, -0.25) is 4.79 Å². The quantitative estimate of drug-likeness (QED) is 0.937. The highest BCUT2D eigenvalue weighted by molar-refractivity contribution is 5.95. The molecule has 1 aliphatic rings. The van der Waals surface area contributed by atoms with Crippen molar-refractivity contribution >= 4 is 5.91 Å². The van der Waals surface area contributed by atoms with Gasteiger partial charge in [-0.25, -0.2) is 9.67 Å². The van der Waals surface area contributed by atoms with Gasteiger partial charge in [-0.05, 0) is 38.8 Å². The third-order valence-corrected chi connectivity index (χ3v) is 5.09. The lowest BCUT2D eigenvalue weighted by Gasteiger charge is -2.42. The van der Waals surface area contributed by atoms with Crippen molar-refractivity contribution in [3.05, 3.63) is 41.9 Å². The molecule has 0 bridgehead atoms. The Morgan fingerprint density at radius 2 is 2.25 bits per heavy atom. The number of aromatic nitrogens is 3. The van der Waals surface area contributed by atoms with Gasteiger partial charge in [0.1, 0.15) is 0 Å². The van der Waals surface area contributed by atoms with Crippen LogP contribution in [0.15, 0.2) is 30.6 Å². The van der Waals surface area contributed by atoms with Crippen LogP contribution in [0.1, 0.15) is 42.7 Å². The van der Waals surface area contributed by atoms with Crippen molar-refractivity contribution in [1.29, 1.82) is 0 Å². The zero-order valence-corrected chi connectivity index (χ0v) is 14.4. The van der Waals surface area contributed by atoms with Gasteiger partial charge in [0.25, 0.3) is 5.91 Å². The molecule has 1 fully saturated rings. The van der Waals surface area contributed by atoms with Gasteiger partial charge in [-0.2, -0.15) is 5.10 Å². The predicted molar refractivity (Wildman–Crippen MR) is 91.0 cm³/mol. The highest BCUT2D eigenvalue weighted by atomic mass is 16.3. The Kier molecular flexibility index (Phi) is 4.41. The van der Waals surface area contributed by atoms with Gasteiger partial charge in [0.2, 0.25) is 0 Å². The molecule has 24 heavy (non-hydrogen) atoms. The van der Waals surface area contributed by atoms with Crippen molar-refractivity contribution in [2.45, 2.75) is 39.2 Å². The Hall–Kier alpha value is -2.21. The summed E-state index contributed by atoms with van der Waals surface area (Å²) in [5.74, 6) is 0.770. The van der Waals surface area contributed by atoms with Gasteiger partial charge in [0.15, 0.2) is 5.82 Å². The molecule has 0 unspecified atom stereocenters. The van der Waals surface area contributed by atoms with Crippen molar-refractivity contribution < 1.29 is 9.90 Å². The molecule has 0 saturated carbocycles. The molecule has 128 valence electrons. The molecule has 3 heterocycles. The number of rotatable bonds is 3. The maximum atomic E-state index is 12.9. The predicted octanol–water partition coefficient (Wildman–Crippen LogP) is 2.20. The Morgan fingerprint density at radius 3 is 2.92 bits per heavy atom. The minimum absolute atomic E-state index is 0.0244. The molecular formula is C18H24N4O2. The van der Waals surface area contributed by atoms with Gasteiger partial charge in [-0.15, -0.1) is 0 Å². The van der Waals surface area contributed by atoms with E-state index < -0.39 is 5.60 Å². The summed E-state index contributed by atoms with van der Waals surface area (Å²) in [6, 6.07) is 5.60. The van der Waals surface area contributed by atoms with Crippen molar-refractivity contribution in [2.24, 2.45) is 5.92 Å².